The Labute approximate surface area is 174 Å². The van der Waals surface area contributed by atoms with E-state index in [1.807, 2.05) is 30.9 Å². The molecule has 0 aromatic heterocycles. The van der Waals surface area contributed by atoms with Gasteiger partial charge in [-0.15, -0.1) is 0 Å². The third kappa shape index (κ3) is 5.50. The Morgan fingerprint density at radius 2 is 1.62 bits per heavy atom. The lowest BCUT2D eigenvalue weighted by Gasteiger charge is -2.43. The van der Waals surface area contributed by atoms with Crippen LogP contribution in [0.25, 0.3) is 0 Å². The van der Waals surface area contributed by atoms with Gasteiger partial charge in [0, 0.05) is 50.5 Å². The Kier molecular flexibility index (Phi) is 7.53. The van der Waals surface area contributed by atoms with Crippen LogP contribution < -0.4 is 5.32 Å². The number of urea groups is 1. The van der Waals surface area contributed by atoms with Crippen molar-refractivity contribution in [2.45, 2.75) is 65.0 Å². The number of carbonyl (C=O) groups excluding carboxylic acids is 2. The minimum absolute atomic E-state index is 0.0397. The summed E-state index contributed by atoms with van der Waals surface area (Å²) in [5, 5.41) is 3.06. The highest BCUT2D eigenvalue weighted by atomic mass is 16.5. The number of carbonyl (C=O) groups is 2. The number of piperidine rings is 1. The van der Waals surface area contributed by atoms with Crippen LogP contribution >= 0.6 is 0 Å². The first kappa shape index (κ1) is 21.6. The Balaban J connectivity index is 1.65. The highest BCUT2D eigenvalue weighted by Gasteiger charge is 2.35. The first-order chi connectivity index (χ1) is 14.0. The van der Waals surface area contributed by atoms with E-state index in [9.17, 15) is 9.59 Å². The molecule has 1 aromatic rings. The third-order valence-corrected chi connectivity index (χ3v) is 5.96. The number of hydrogen-bond donors (Lipinski definition) is 1. The second kappa shape index (κ2) is 10.1. The molecule has 0 atom stereocenters. The lowest BCUT2D eigenvalue weighted by atomic mass is 9.97. The minimum Gasteiger partial charge on any atom is -0.381 e. The van der Waals surface area contributed by atoms with E-state index >= 15 is 0 Å². The fourth-order valence-electron chi connectivity index (χ4n) is 4.54. The number of nitrogens with zero attached hydrogens (tertiary/aromatic N) is 2. The summed E-state index contributed by atoms with van der Waals surface area (Å²) in [6, 6.07) is 6.47. The van der Waals surface area contributed by atoms with E-state index < -0.39 is 0 Å². The molecule has 1 N–H and O–H groups in total. The van der Waals surface area contributed by atoms with Crippen molar-refractivity contribution in [3.05, 3.63) is 34.9 Å². The molecule has 6 heteroatoms. The van der Waals surface area contributed by atoms with Crippen LogP contribution in [0, 0.1) is 13.8 Å². The van der Waals surface area contributed by atoms with Crippen molar-refractivity contribution in [2.75, 3.05) is 32.8 Å². The van der Waals surface area contributed by atoms with Gasteiger partial charge in [0.05, 0.1) is 0 Å². The fraction of sp³-hybridized carbons (Fsp3) is 0.652. The van der Waals surface area contributed by atoms with E-state index in [1.54, 1.807) is 0 Å². The average Bonchev–Trinajstić information content (AvgIpc) is 2.72. The molecule has 2 heterocycles. The van der Waals surface area contributed by atoms with Crippen LogP contribution in [0.1, 0.15) is 60.5 Å². The zero-order valence-electron chi connectivity index (χ0n) is 18.1. The fourth-order valence-corrected chi connectivity index (χ4v) is 4.54. The molecule has 29 heavy (non-hydrogen) atoms. The van der Waals surface area contributed by atoms with E-state index in [4.69, 9.17) is 4.74 Å². The summed E-state index contributed by atoms with van der Waals surface area (Å²) in [5.41, 5.74) is 2.99. The van der Waals surface area contributed by atoms with E-state index in [0.29, 0.717) is 32.8 Å². The Morgan fingerprint density at radius 3 is 2.21 bits per heavy atom. The second-order valence-electron chi connectivity index (χ2n) is 8.38. The van der Waals surface area contributed by atoms with Crippen molar-refractivity contribution in [3.63, 3.8) is 0 Å². The van der Waals surface area contributed by atoms with Crippen molar-refractivity contribution < 1.29 is 14.3 Å². The van der Waals surface area contributed by atoms with E-state index in [0.717, 1.165) is 48.8 Å². The zero-order chi connectivity index (χ0) is 20.8. The van der Waals surface area contributed by atoms with Crippen molar-refractivity contribution in [2.24, 2.45) is 0 Å². The molecule has 0 radical (unpaired) electrons. The largest absolute Gasteiger partial charge is 0.381 e. The van der Waals surface area contributed by atoms with Crippen molar-refractivity contribution in [1.29, 1.82) is 0 Å². The molecule has 2 fully saturated rings. The SMILES string of the molecule is CCCNC(=O)N(C1CCOCC1)C1CCN(C(=O)c2cc(C)cc(C)c2)CC1. The summed E-state index contributed by atoms with van der Waals surface area (Å²) in [6.07, 6.45) is 4.36. The van der Waals surface area contributed by atoms with Crippen LogP contribution in [0.5, 0.6) is 0 Å². The van der Waals surface area contributed by atoms with Gasteiger partial charge < -0.3 is 19.9 Å². The number of aryl methyl sites for hydroxylation is 2. The molecule has 0 unspecified atom stereocenters. The highest BCUT2D eigenvalue weighted by Crippen LogP contribution is 2.25. The number of likely N-dealkylation sites (tertiary alicyclic amines) is 1. The van der Waals surface area contributed by atoms with Crippen LogP contribution in [-0.4, -0.2) is 66.7 Å². The maximum atomic E-state index is 13.0. The topological polar surface area (TPSA) is 61.9 Å². The van der Waals surface area contributed by atoms with Crippen LogP contribution in [0.4, 0.5) is 4.79 Å². The Bertz CT molecular complexity index is 687. The summed E-state index contributed by atoms with van der Waals surface area (Å²) in [6.45, 7) is 9.62. The normalized spacial score (nSPS) is 18.5. The predicted octanol–water partition coefficient (Wildman–Crippen LogP) is 3.51. The average molecular weight is 402 g/mol. The van der Waals surface area contributed by atoms with Gasteiger partial charge in [-0.2, -0.15) is 0 Å². The van der Waals surface area contributed by atoms with E-state index in [-0.39, 0.29) is 24.0 Å². The number of rotatable bonds is 5. The summed E-state index contributed by atoms with van der Waals surface area (Å²) < 4.78 is 5.50. The molecule has 160 valence electrons. The number of hydrogen-bond acceptors (Lipinski definition) is 3. The molecule has 2 aliphatic rings. The predicted molar refractivity (Wildman–Crippen MR) is 114 cm³/mol. The lowest BCUT2D eigenvalue weighted by molar-refractivity contribution is 0.0209. The summed E-state index contributed by atoms with van der Waals surface area (Å²) in [4.78, 5) is 29.9. The Morgan fingerprint density at radius 1 is 1.03 bits per heavy atom. The molecule has 3 rings (SSSR count). The molecular formula is C23H35N3O3. The lowest BCUT2D eigenvalue weighted by Crippen LogP contribution is -2.56. The monoisotopic (exact) mass is 401 g/mol. The summed E-state index contributed by atoms with van der Waals surface area (Å²) in [7, 11) is 0. The van der Waals surface area contributed by atoms with Gasteiger partial charge in [0.15, 0.2) is 0 Å². The Hall–Kier alpha value is -2.08. The third-order valence-electron chi connectivity index (χ3n) is 5.96. The summed E-state index contributed by atoms with van der Waals surface area (Å²) in [5.74, 6) is 0.100. The number of amides is 3. The molecule has 1 aromatic carbocycles. The van der Waals surface area contributed by atoms with Crippen molar-refractivity contribution in [1.82, 2.24) is 15.1 Å². The standard InChI is InChI=1S/C23H35N3O3/c1-4-9-24-23(28)26(21-7-12-29-13-8-21)20-5-10-25(11-6-20)22(27)19-15-17(2)14-18(3)16-19/h14-16,20-21H,4-13H2,1-3H3,(H,24,28). The van der Waals surface area contributed by atoms with Crippen LogP contribution in [0.2, 0.25) is 0 Å². The first-order valence-electron chi connectivity index (χ1n) is 11.0. The van der Waals surface area contributed by atoms with Crippen molar-refractivity contribution in [3.8, 4) is 0 Å². The van der Waals surface area contributed by atoms with Gasteiger partial charge in [-0.05, 0) is 58.1 Å². The van der Waals surface area contributed by atoms with Crippen LogP contribution in [0.3, 0.4) is 0 Å². The molecule has 0 spiro atoms. The van der Waals surface area contributed by atoms with E-state index in [2.05, 4.69) is 23.2 Å². The number of ether oxygens (including phenoxy) is 1. The zero-order valence-corrected chi connectivity index (χ0v) is 18.1. The molecule has 6 nitrogen and oxygen atoms in total. The van der Waals surface area contributed by atoms with Gasteiger partial charge in [0.25, 0.3) is 5.91 Å². The molecule has 2 saturated heterocycles. The molecule has 3 amide bonds. The first-order valence-corrected chi connectivity index (χ1v) is 11.0. The van der Waals surface area contributed by atoms with Gasteiger partial charge >= 0.3 is 6.03 Å². The van der Waals surface area contributed by atoms with Gasteiger partial charge in [0.1, 0.15) is 0 Å². The summed E-state index contributed by atoms with van der Waals surface area (Å²) >= 11 is 0. The molecule has 0 saturated carbocycles. The maximum absolute atomic E-state index is 13.0. The van der Waals surface area contributed by atoms with Gasteiger partial charge in [-0.3, -0.25) is 4.79 Å². The van der Waals surface area contributed by atoms with Gasteiger partial charge in [0.2, 0.25) is 0 Å². The minimum atomic E-state index is 0.0397. The maximum Gasteiger partial charge on any atom is 0.317 e. The van der Waals surface area contributed by atoms with Gasteiger partial charge in [-0.1, -0.05) is 24.1 Å². The smallest absolute Gasteiger partial charge is 0.317 e. The van der Waals surface area contributed by atoms with E-state index in [1.165, 1.54) is 0 Å². The number of nitrogens with one attached hydrogen (secondary N) is 1. The van der Waals surface area contributed by atoms with Crippen molar-refractivity contribution >= 4 is 11.9 Å². The second-order valence-corrected chi connectivity index (χ2v) is 8.38. The molecular weight excluding hydrogens is 366 g/mol. The molecule has 2 aliphatic heterocycles. The number of benzene rings is 1. The molecule has 0 bridgehead atoms. The van der Waals surface area contributed by atoms with Crippen LogP contribution in [0.15, 0.2) is 18.2 Å². The highest BCUT2D eigenvalue weighted by molar-refractivity contribution is 5.94. The van der Waals surface area contributed by atoms with Gasteiger partial charge in [-0.25, -0.2) is 4.79 Å². The molecule has 0 aliphatic carbocycles. The van der Waals surface area contributed by atoms with Crippen LogP contribution in [-0.2, 0) is 4.74 Å². The quantitative estimate of drug-likeness (QED) is 0.821.